The molecule has 2 aromatic carbocycles. The highest BCUT2D eigenvalue weighted by Crippen LogP contribution is 2.40. The molecular weight excluding hydrogens is 569 g/mol. The summed E-state index contributed by atoms with van der Waals surface area (Å²) in [6, 6.07) is 5.49. The topological polar surface area (TPSA) is 17.1 Å². The quantitative estimate of drug-likeness (QED) is 0.112. The van der Waals surface area contributed by atoms with Crippen LogP contribution in [0.2, 0.25) is 15.1 Å². The summed E-state index contributed by atoms with van der Waals surface area (Å²) in [6.45, 7) is 1.84. The molecule has 0 aliphatic rings. The van der Waals surface area contributed by atoms with Gasteiger partial charge in [-0.1, -0.05) is 66.0 Å². The summed E-state index contributed by atoms with van der Waals surface area (Å²) >= 11 is 19.1. The summed E-state index contributed by atoms with van der Waals surface area (Å²) in [5.74, 6) is -5.14. The summed E-state index contributed by atoms with van der Waals surface area (Å²) < 4.78 is 82.3. The van der Waals surface area contributed by atoms with E-state index in [1.54, 1.807) is 6.92 Å². The van der Waals surface area contributed by atoms with E-state index in [1.165, 1.54) is 30.0 Å². The van der Waals surface area contributed by atoms with E-state index in [0.717, 1.165) is 24.3 Å². The van der Waals surface area contributed by atoms with Gasteiger partial charge in [0.25, 0.3) is 5.92 Å². The van der Waals surface area contributed by atoms with Crippen molar-refractivity contribution in [3.8, 4) is 0 Å². The maximum Gasteiger partial charge on any atom is 0.417 e. The fourth-order valence-electron chi connectivity index (χ4n) is 3.50. The van der Waals surface area contributed by atoms with Gasteiger partial charge in [-0.05, 0) is 41.0 Å². The Balaban J connectivity index is 2.38. The molecule has 2 aromatic rings. The maximum atomic E-state index is 14.4. The Bertz CT molecular complexity index is 1080. The van der Waals surface area contributed by atoms with Crippen LogP contribution >= 0.6 is 46.6 Å². The zero-order valence-corrected chi connectivity index (χ0v) is 22.3. The minimum Gasteiger partial charge on any atom is -0.294 e. The molecule has 1 nitrogen and oxygen atoms in total. The third kappa shape index (κ3) is 8.61. The molecule has 0 heterocycles. The third-order valence-electron chi connectivity index (χ3n) is 5.20. The molecule has 0 radical (unpaired) electrons. The van der Waals surface area contributed by atoms with Crippen molar-refractivity contribution in [2.75, 3.05) is 18.2 Å². The normalized spacial score (nSPS) is 14.3. The molecule has 0 aliphatic carbocycles. The molecule has 1 unspecified atom stereocenters. The number of carbonyl (C=O) groups excluding carboxylic acids is 1. The molecule has 2 rings (SSSR count). The molecule has 0 N–H and O–H groups in total. The SMILES string of the molecule is C[C@H](CSCCF)CC(=O)c1ccc(/C=C/C(c2cc(Cl)c(Cl)c(Cl)c2)C(C)(F)F)cc1C(F)(F)F. The van der Waals surface area contributed by atoms with Gasteiger partial charge in [-0.2, -0.15) is 24.9 Å². The van der Waals surface area contributed by atoms with Crippen molar-refractivity contribution in [1.82, 2.24) is 0 Å². The second kappa shape index (κ2) is 12.9. The van der Waals surface area contributed by atoms with Crippen molar-refractivity contribution >= 4 is 58.4 Å². The van der Waals surface area contributed by atoms with Gasteiger partial charge in [0.2, 0.25) is 0 Å². The summed E-state index contributed by atoms with van der Waals surface area (Å²) in [6.07, 6.45) is -2.80. The highest BCUT2D eigenvalue weighted by molar-refractivity contribution is 7.99. The smallest absolute Gasteiger partial charge is 0.294 e. The Kier molecular flexibility index (Phi) is 11.1. The molecule has 0 saturated heterocycles. The Morgan fingerprint density at radius 1 is 1.06 bits per heavy atom. The van der Waals surface area contributed by atoms with Crippen molar-refractivity contribution < 1.29 is 31.1 Å². The minimum absolute atomic E-state index is 0.00497. The zero-order chi connectivity index (χ0) is 27.3. The van der Waals surface area contributed by atoms with Gasteiger partial charge in [0.1, 0.15) is 0 Å². The Morgan fingerprint density at radius 3 is 2.19 bits per heavy atom. The second-order valence-electron chi connectivity index (χ2n) is 8.39. The molecule has 11 heteroatoms. The van der Waals surface area contributed by atoms with Crippen molar-refractivity contribution in [3.63, 3.8) is 0 Å². The lowest BCUT2D eigenvalue weighted by Crippen LogP contribution is -2.20. The molecular formula is C25H23Cl3F6OS. The van der Waals surface area contributed by atoms with Crippen molar-refractivity contribution in [2.24, 2.45) is 5.92 Å². The first-order chi connectivity index (χ1) is 16.6. The lowest BCUT2D eigenvalue weighted by Gasteiger charge is -2.22. The monoisotopic (exact) mass is 590 g/mol. The summed E-state index contributed by atoms with van der Waals surface area (Å²) in [5, 5.41) is -0.0858. The van der Waals surface area contributed by atoms with Crippen LogP contribution in [0.4, 0.5) is 26.3 Å². The molecule has 0 aromatic heterocycles. The zero-order valence-electron chi connectivity index (χ0n) is 19.2. The van der Waals surface area contributed by atoms with Gasteiger partial charge in [-0.15, -0.1) is 0 Å². The van der Waals surface area contributed by atoms with E-state index in [-0.39, 0.29) is 44.3 Å². The summed E-state index contributed by atoms with van der Waals surface area (Å²) in [5.41, 5.74) is -1.65. The first kappa shape index (κ1) is 30.9. The average Bonchev–Trinajstić information content (AvgIpc) is 2.76. The number of hydrogen-bond acceptors (Lipinski definition) is 2. The molecule has 36 heavy (non-hydrogen) atoms. The molecule has 198 valence electrons. The molecule has 0 saturated carbocycles. The summed E-state index contributed by atoms with van der Waals surface area (Å²) in [7, 11) is 0. The van der Waals surface area contributed by atoms with Crippen LogP contribution in [-0.4, -0.2) is 29.9 Å². The predicted molar refractivity (Wildman–Crippen MR) is 137 cm³/mol. The number of benzene rings is 2. The van der Waals surface area contributed by atoms with Crippen LogP contribution in [0.5, 0.6) is 0 Å². The van der Waals surface area contributed by atoms with E-state index in [1.807, 2.05) is 0 Å². The Hall–Kier alpha value is -1.35. The van der Waals surface area contributed by atoms with Crippen LogP contribution in [-0.2, 0) is 6.18 Å². The van der Waals surface area contributed by atoms with Crippen molar-refractivity contribution in [3.05, 3.63) is 73.7 Å². The number of ketones is 1. The van der Waals surface area contributed by atoms with Crippen molar-refractivity contribution in [1.29, 1.82) is 0 Å². The first-order valence-corrected chi connectivity index (χ1v) is 13.0. The molecule has 0 fully saturated rings. The van der Waals surface area contributed by atoms with Gasteiger partial charge in [0.15, 0.2) is 5.78 Å². The van der Waals surface area contributed by atoms with E-state index in [2.05, 4.69) is 0 Å². The van der Waals surface area contributed by atoms with E-state index in [9.17, 15) is 31.1 Å². The standard InChI is InChI=1S/C25H23Cl3F6OS/c1-14(13-36-8-7-29)9-22(35)17-5-3-15(10-19(17)25(32,33)34)4-6-18(24(2,30)31)16-11-20(26)23(28)21(27)12-16/h3-6,10-12,14,18H,7-9,13H2,1-2H3/b6-4+/t14-,18?/m0/s1. The number of carbonyl (C=O) groups is 1. The largest absolute Gasteiger partial charge is 0.417 e. The van der Waals surface area contributed by atoms with Crippen LogP contribution in [0.3, 0.4) is 0 Å². The molecule has 0 aliphatic heterocycles. The number of Topliss-reactive ketones (excluding diaryl/α,β-unsaturated/α-hetero) is 1. The molecule has 0 spiro atoms. The van der Waals surface area contributed by atoms with Crippen LogP contribution in [0.25, 0.3) is 6.08 Å². The average molecular weight is 592 g/mol. The van der Waals surface area contributed by atoms with Crippen molar-refractivity contribution in [2.45, 2.75) is 38.3 Å². The number of rotatable bonds is 11. The van der Waals surface area contributed by atoms with Crippen LogP contribution in [0.15, 0.2) is 36.4 Å². The van der Waals surface area contributed by atoms with Gasteiger partial charge in [-0.25, -0.2) is 8.78 Å². The van der Waals surface area contributed by atoms with Crippen LogP contribution in [0.1, 0.15) is 53.2 Å². The highest BCUT2D eigenvalue weighted by atomic mass is 35.5. The number of alkyl halides is 6. The number of thioether (sulfide) groups is 1. The molecule has 0 amide bonds. The lowest BCUT2D eigenvalue weighted by molar-refractivity contribution is -0.137. The van der Waals surface area contributed by atoms with E-state index >= 15 is 0 Å². The fourth-order valence-corrected chi connectivity index (χ4v) is 4.91. The number of hydrogen-bond donors (Lipinski definition) is 0. The fraction of sp³-hybridized carbons (Fsp3) is 0.400. The Labute approximate surface area is 225 Å². The summed E-state index contributed by atoms with van der Waals surface area (Å²) in [4.78, 5) is 12.6. The number of halogens is 9. The first-order valence-electron chi connectivity index (χ1n) is 10.7. The minimum atomic E-state index is -4.84. The van der Waals surface area contributed by atoms with Gasteiger partial charge in [-0.3, -0.25) is 9.18 Å². The van der Waals surface area contributed by atoms with E-state index in [4.69, 9.17) is 34.8 Å². The highest BCUT2D eigenvalue weighted by Gasteiger charge is 2.36. The number of allylic oxidation sites excluding steroid dienone is 1. The van der Waals surface area contributed by atoms with Gasteiger partial charge < -0.3 is 0 Å². The molecule has 0 bridgehead atoms. The van der Waals surface area contributed by atoms with E-state index in [0.29, 0.717) is 12.7 Å². The van der Waals surface area contributed by atoms with E-state index < -0.39 is 41.6 Å². The lowest BCUT2D eigenvalue weighted by atomic mass is 9.91. The van der Waals surface area contributed by atoms with Gasteiger partial charge in [0.05, 0.1) is 33.2 Å². The predicted octanol–water partition coefficient (Wildman–Crippen LogP) is 10.0. The Morgan fingerprint density at radius 2 is 1.67 bits per heavy atom. The van der Waals surface area contributed by atoms with Gasteiger partial charge in [0, 0.05) is 24.7 Å². The second-order valence-corrected chi connectivity index (χ2v) is 10.7. The molecule has 2 atom stereocenters. The van der Waals surface area contributed by atoms with Crippen LogP contribution < -0.4 is 0 Å². The maximum absolute atomic E-state index is 14.4. The van der Waals surface area contributed by atoms with Gasteiger partial charge >= 0.3 is 6.18 Å². The third-order valence-corrected chi connectivity index (χ3v) is 7.64. The van der Waals surface area contributed by atoms with Crippen LogP contribution in [0, 0.1) is 5.92 Å².